The van der Waals surface area contributed by atoms with Crippen LogP contribution in [0.15, 0.2) is 0 Å². The molecule has 0 aliphatic rings. The van der Waals surface area contributed by atoms with Crippen molar-refractivity contribution >= 4 is 28.4 Å². The number of halogens is 4. The second-order valence-corrected chi connectivity index (χ2v) is 5.78. The summed E-state index contributed by atoms with van der Waals surface area (Å²) in [5.41, 5.74) is 0.825. The minimum atomic E-state index is -4.34. The Labute approximate surface area is 129 Å². The summed E-state index contributed by atoms with van der Waals surface area (Å²) in [6.07, 6.45) is -3.60. The number of hydrogen-bond donors (Lipinski definition) is 1. The number of alkyl halides is 3. The third-order valence-corrected chi connectivity index (χ3v) is 3.43. The largest absolute Gasteiger partial charge is 0.411 e. The van der Waals surface area contributed by atoms with Crippen LogP contribution in [0.5, 0.6) is 0 Å². The lowest BCUT2D eigenvalue weighted by atomic mass is 10.1. The summed E-state index contributed by atoms with van der Waals surface area (Å²) in [7, 11) is 1.71. The molecular weight excluding hydrogens is 386 g/mol. The summed E-state index contributed by atoms with van der Waals surface area (Å²) in [6, 6.07) is 0. The Hall–Kier alpha value is -0.640. The zero-order valence-electron chi connectivity index (χ0n) is 11.5. The van der Waals surface area contributed by atoms with Crippen molar-refractivity contribution in [2.45, 2.75) is 33.1 Å². The highest BCUT2D eigenvalue weighted by atomic mass is 127. The summed E-state index contributed by atoms with van der Waals surface area (Å²) < 4.78 is 41.6. The van der Waals surface area contributed by atoms with Gasteiger partial charge in [-0.1, -0.05) is 13.8 Å². The van der Waals surface area contributed by atoms with Crippen molar-refractivity contribution in [1.82, 2.24) is 9.97 Å². The van der Waals surface area contributed by atoms with E-state index in [9.17, 15) is 13.2 Å². The number of hydrogen-bond acceptors (Lipinski definition) is 4. The van der Waals surface area contributed by atoms with E-state index >= 15 is 0 Å². The monoisotopic (exact) mass is 403 g/mol. The molecule has 0 spiro atoms. The number of aromatic nitrogens is 2. The predicted octanol–water partition coefficient (Wildman–Crippen LogP) is 3.40. The quantitative estimate of drug-likeness (QED) is 0.740. The number of rotatable bonds is 6. The molecule has 1 N–H and O–H groups in total. The zero-order valence-corrected chi connectivity index (χ0v) is 13.7. The van der Waals surface area contributed by atoms with E-state index in [4.69, 9.17) is 0 Å². The summed E-state index contributed by atoms with van der Waals surface area (Å²) in [5, 5.41) is 2.92. The van der Waals surface area contributed by atoms with Crippen LogP contribution in [0.2, 0.25) is 0 Å². The molecule has 0 aliphatic carbocycles. The lowest BCUT2D eigenvalue weighted by Crippen LogP contribution is -2.18. The van der Waals surface area contributed by atoms with E-state index in [2.05, 4.69) is 56.5 Å². The van der Waals surface area contributed by atoms with Crippen LogP contribution in [-0.4, -0.2) is 29.8 Å². The highest BCUT2D eigenvalue weighted by molar-refractivity contribution is 14.1. The van der Waals surface area contributed by atoms with Gasteiger partial charge >= 0.3 is 6.18 Å². The van der Waals surface area contributed by atoms with Crippen LogP contribution in [0, 0.1) is 9.49 Å². The Morgan fingerprint density at radius 2 is 1.95 bits per heavy atom. The van der Waals surface area contributed by atoms with Gasteiger partial charge in [-0.3, -0.25) is 0 Å². The molecule has 0 amide bonds. The lowest BCUT2D eigenvalue weighted by molar-refractivity contribution is -0.177. The number of nitrogens with one attached hydrogen (secondary N) is 1. The topological polar surface area (TPSA) is 47.0 Å². The van der Waals surface area contributed by atoms with Gasteiger partial charge < -0.3 is 10.1 Å². The molecule has 8 heteroatoms. The van der Waals surface area contributed by atoms with Crippen molar-refractivity contribution in [2.75, 3.05) is 19.0 Å². The maximum absolute atomic E-state index is 12.0. The first-order valence-electron chi connectivity index (χ1n) is 6.10. The third kappa shape index (κ3) is 5.78. The smallest absolute Gasteiger partial charge is 0.372 e. The molecular formula is C12H17F3IN3O. The Morgan fingerprint density at radius 1 is 1.30 bits per heavy atom. The first kappa shape index (κ1) is 17.4. The summed E-state index contributed by atoms with van der Waals surface area (Å²) >= 11 is 2.13. The van der Waals surface area contributed by atoms with E-state index in [0.29, 0.717) is 11.7 Å². The molecule has 0 atom stereocenters. The SMILES string of the molecule is CNc1nc(COCC(F)(F)F)nc(CC(C)C)c1I. The molecule has 114 valence electrons. The van der Waals surface area contributed by atoms with Crippen molar-refractivity contribution in [3.63, 3.8) is 0 Å². The van der Waals surface area contributed by atoms with Gasteiger partial charge in [-0.05, 0) is 34.9 Å². The van der Waals surface area contributed by atoms with Crippen LogP contribution in [0.4, 0.5) is 19.0 Å². The molecule has 1 rings (SSSR count). The minimum absolute atomic E-state index is 0.254. The first-order valence-corrected chi connectivity index (χ1v) is 7.18. The van der Waals surface area contributed by atoms with Crippen LogP contribution in [0.1, 0.15) is 25.4 Å². The van der Waals surface area contributed by atoms with Gasteiger partial charge in [0.2, 0.25) is 0 Å². The fourth-order valence-corrected chi connectivity index (χ4v) is 2.29. The molecule has 0 bridgehead atoms. The molecule has 0 unspecified atom stereocenters. The molecule has 0 aromatic carbocycles. The zero-order chi connectivity index (χ0) is 15.3. The molecule has 0 fully saturated rings. The second kappa shape index (κ2) is 7.39. The van der Waals surface area contributed by atoms with Crippen molar-refractivity contribution in [1.29, 1.82) is 0 Å². The number of anilines is 1. The highest BCUT2D eigenvalue weighted by Crippen LogP contribution is 2.22. The Kier molecular flexibility index (Phi) is 6.44. The van der Waals surface area contributed by atoms with Crippen LogP contribution in [-0.2, 0) is 17.8 Å². The van der Waals surface area contributed by atoms with Gasteiger partial charge in [-0.2, -0.15) is 13.2 Å². The van der Waals surface area contributed by atoms with Gasteiger partial charge in [-0.25, -0.2) is 9.97 Å². The Bertz CT molecular complexity index is 452. The molecule has 0 saturated carbocycles. The van der Waals surface area contributed by atoms with E-state index in [-0.39, 0.29) is 12.4 Å². The molecule has 1 aromatic heterocycles. The normalized spacial score (nSPS) is 12.0. The predicted molar refractivity (Wildman–Crippen MR) is 78.5 cm³/mol. The Morgan fingerprint density at radius 3 is 2.45 bits per heavy atom. The molecule has 1 heterocycles. The van der Waals surface area contributed by atoms with Crippen molar-refractivity contribution in [3.05, 3.63) is 15.1 Å². The van der Waals surface area contributed by atoms with E-state index in [1.165, 1.54) is 0 Å². The van der Waals surface area contributed by atoms with Gasteiger partial charge in [0.25, 0.3) is 0 Å². The van der Waals surface area contributed by atoms with Crippen molar-refractivity contribution < 1.29 is 17.9 Å². The fourth-order valence-electron chi connectivity index (χ4n) is 1.55. The summed E-state index contributed by atoms with van der Waals surface area (Å²) in [4.78, 5) is 8.45. The lowest BCUT2D eigenvalue weighted by Gasteiger charge is -2.13. The van der Waals surface area contributed by atoms with Crippen molar-refractivity contribution in [2.24, 2.45) is 5.92 Å². The van der Waals surface area contributed by atoms with Gasteiger partial charge in [0, 0.05) is 7.05 Å². The number of ether oxygens (including phenoxy) is 1. The van der Waals surface area contributed by atoms with Gasteiger partial charge in [0.1, 0.15) is 19.0 Å². The molecule has 20 heavy (non-hydrogen) atoms. The summed E-state index contributed by atoms with van der Waals surface area (Å²) in [6.45, 7) is 2.56. The van der Waals surface area contributed by atoms with Crippen LogP contribution in [0.3, 0.4) is 0 Å². The minimum Gasteiger partial charge on any atom is -0.372 e. The van der Waals surface area contributed by atoms with Crippen LogP contribution in [0.25, 0.3) is 0 Å². The van der Waals surface area contributed by atoms with Gasteiger partial charge in [0.05, 0.1) is 9.26 Å². The van der Waals surface area contributed by atoms with Crippen LogP contribution >= 0.6 is 22.6 Å². The standard InChI is InChI=1S/C12H17F3IN3O/c1-7(2)4-8-10(16)11(17-3)19-9(18-8)5-20-6-12(13,14)15/h7H,4-6H2,1-3H3,(H,17,18,19). The fraction of sp³-hybridized carbons (Fsp3) is 0.667. The maximum Gasteiger partial charge on any atom is 0.411 e. The van der Waals surface area contributed by atoms with E-state index in [0.717, 1.165) is 15.7 Å². The molecule has 0 aliphatic heterocycles. The van der Waals surface area contributed by atoms with E-state index in [1.54, 1.807) is 7.05 Å². The van der Waals surface area contributed by atoms with Crippen molar-refractivity contribution in [3.8, 4) is 0 Å². The molecule has 4 nitrogen and oxygen atoms in total. The van der Waals surface area contributed by atoms with Gasteiger partial charge in [-0.15, -0.1) is 0 Å². The van der Waals surface area contributed by atoms with E-state index < -0.39 is 12.8 Å². The molecule has 0 saturated heterocycles. The number of nitrogens with zero attached hydrogens (tertiary/aromatic N) is 2. The molecule has 0 radical (unpaired) electrons. The maximum atomic E-state index is 12.0. The second-order valence-electron chi connectivity index (χ2n) is 4.71. The average molecular weight is 403 g/mol. The first-order chi connectivity index (χ1) is 9.23. The van der Waals surface area contributed by atoms with Crippen LogP contribution < -0.4 is 5.32 Å². The highest BCUT2D eigenvalue weighted by Gasteiger charge is 2.27. The summed E-state index contributed by atoms with van der Waals surface area (Å²) in [5.74, 6) is 1.27. The van der Waals surface area contributed by atoms with Gasteiger partial charge in [0.15, 0.2) is 5.82 Å². The Balaban J connectivity index is 2.85. The van der Waals surface area contributed by atoms with E-state index in [1.807, 2.05) is 0 Å². The average Bonchev–Trinajstić information content (AvgIpc) is 2.30. The molecule has 1 aromatic rings. The third-order valence-electron chi connectivity index (χ3n) is 2.30.